The van der Waals surface area contributed by atoms with E-state index in [0.717, 1.165) is 0 Å². The maximum absolute atomic E-state index is 9.50. The first-order chi connectivity index (χ1) is 2.91. The van der Waals surface area contributed by atoms with Crippen molar-refractivity contribution in [2.24, 2.45) is 0 Å². The Morgan fingerprint density at radius 2 is 1.83 bits per heavy atom. The lowest BCUT2D eigenvalue weighted by Gasteiger charge is -1.47. The first kappa shape index (κ1) is 9.05. The topological polar surface area (TPSA) is 23.8 Å². The third-order valence-electron chi connectivity index (χ3n) is 0.158. The van der Waals surface area contributed by atoms with E-state index in [-0.39, 0.29) is 0 Å². The smallest absolute Gasteiger partial charge is 0.0785 e. The molecule has 0 amide bonds. The van der Waals surface area contributed by atoms with Crippen LogP contribution in [0.1, 0.15) is 13.3 Å². The average molecular weight is 89.1 g/mol. The summed E-state index contributed by atoms with van der Waals surface area (Å²) in [6, 6.07) is 1.93. The normalized spacial score (nSPS) is 4.33. The van der Waals surface area contributed by atoms with Crippen molar-refractivity contribution >= 4 is 0 Å². The van der Waals surface area contributed by atoms with Crippen LogP contribution in [0.5, 0.6) is 0 Å². The summed E-state index contributed by atoms with van der Waals surface area (Å²) >= 11 is 0. The number of hydrogen-bond acceptors (Lipinski definition) is 1. The van der Waals surface area contributed by atoms with Crippen LogP contribution in [0.2, 0.25) is 0 Å². The Hall–Kier alpha value is -0.580. The number of alkyl halides is 1. The van der Waals surface area contributed by atoms with E-state index in [2.05, 4.69) is 0 Å². The van der Waals surface area contributed by atoms with E-state index in [9.17, 15) is 4.39 Å². The fourth-order valence-electron chi connectivity index (χ4n) is 0. The number of nitrogens with zero attached hydrogens (tertiary/aromatic N) is 1. The summed E-state index contributed by atoms with van der Waals surface area (Å²) in [6.07, 6.45) is 0.625. The Morgan fingerprint density at radius 1 is 1.67 bits per heavy atom. The molecule has 0 spiro atoms. The summed E-state index contributed by atoms with van der Waals surface area (Å²) in [5, 5.41) is 7.62. The van der Waals surface area contributed by atoms with E-state index >= 15 is 0 Å². The highest BCUT2D eigenvalue weighted by molar-refractivity contribution is 4.61. The molecule has 0 fully saturated rings. The van der Waals surface area contributed by atoms with Crippen molar-refractivity contribution in [2.75, 3.05) is 7.18 Å². The Morgan fingerprint density at radius 3 is 1.83 bits per heavy atom. The zero-order chi connectivity index (χ0) is 5.41. The number of rotatable bonds is 0. The standard InChI is InChI=1S/C3H5N.CH3F/c1-2-3-4;1-2/h2H2,1H3;1H3. The third-order valence-corrected chi connectivity index (χ3v) is 0.158. The molecule has 0 aliphatic rings. The molecule has 0 bridgehead atoms. The van der Waals surface area contributed by atoms with Crippen LogP contribution in [0.3, 0.4) is 0 Å². The molecule has 36 valence electrons. The van der Waals surface area contributed by atoms with Crippen LogP contribution in [-0.2, 0) is 0 Å². The Labute approximate surface area is 37.4 Å². The minimum absolute atomic E-state index is 0.500. The lowest BCUT2D eigenvalue weighted by Crippen LogP contribution is -1.38. The maximum Gasteiger partial charge on any atom is 0.0785 e. The molecule has 0 radical (unpaired) electrons. The molecule has 0 aromatic rings. The van der Waals surface area contributed by atoms with Gasteiger partial charge in [-0.25, -0.2) is 0 Å². The van der Waals surface area contributed by atoms with Crippen LogP contribution in [-0.4, -0.2) is 7.18 Å². The highest BCUT2D eigenvalue weighted by Gasteiger charge is 1.49. The van der Waals surface area contributed by atoms with Crippen LogP contribution >= 0.6 is 0 Å². The molecule has 0 aromatic carbocycles. The summed E-state index contributed by atoms with van der Waals surface area (Å²) in [5.74, 6) is 0. The molecule has 0 saturated carbocycles. The van der Waals surface area contributed by atoms with Gasteiger partial charge in [0.1, 0.15) is 0 Å². The predicted molar refractivity (Wildman–Crippen MR) is 22.9 cm³/mol. The fourth-order valence-corrected chi connectivity index (χ4v) is 0. The second-order valence-corrected chi connectivity index (χ2v) is 0.512. The van der Waals surface area contributed by atoms with Gasteiger partial charge < -0.3 is 0 Å². The molecule has 0 saturated heterocycles. The molecule has 0 N–H and O–H groups in total. The monoisotopic (exact) mass is 89.1 g/mol. The van der Waals surface area contributed by atoms with Crippen LogP contribution in [0.25, 0.3) is 0 Å². The highest BCUT2D eigenvalue weighted by atomic mass is 19.1. The molecule has 0 aliphatic heterocycles. The van der Waals surface area contributed by atoms with Gasteiger partial charge in [0.05, 0.1) is 13.2 Å². The fraction of sp³-hybridized carbons (Fsp3) is 0.750. The van der Waals surface area contributed by atoms with Gasteiger partial charge in [0.25, 0.3) is 0 Å². The summed E-state index contributed by atoms with van der Waals surface area (Å²) in [6.45, 7) is 1.82. The molecule has 6 heavy (non-hydrogen) atoms. The van der Waals surface area contributed by atoms with Gasteiger partial charge in [-0.1, -0.05) is 6.92 Å². The second kappa shape index (κ2) is 25.6. The van der Waals surface area contributed by atoms with Gasteiger partial charge in [-0.2, -0.15) is 5.26 Å². The van der Waals surface area contributed by atoms with Gasteiger partial charge in [0, 0.05) is 6.42 Å². The molecule has 0 atom stereocenters. The van der Waals surface area contributed by atoms with E-state index in [4.69, 9.17) is 5.26 Å². The van der Waals surface area contributed by atoms with Gasteiger partial charge in [-0.15, -0.1) is 0 Å². The molecule has 0 unspecified atom stereocenters. The van der Waals surface area contributed by atoms with Crippen LogP contribution in [0, 0.1) is 11.3 Å². The van der Waals surface area contributed by atoms with E-state index < -0.39 is 0 Å². The van der Waals surface area contributed by atoms with Crippen molar-refractivity contribution in [1.82, 2.24) is 0 Å². The number of halogens is 1. The molecular formula is C4H8FN. The van der Waals surface area contributed by atoms with Gasteiger partial charge in [-0.3, -0.25) is 4.39 Å². The van der Waals surface area contributed by atoms with Crippen molar-refractivity contribution in [3.8, 4) is 6.07 Å². The van der Waals surface area contributed by atoms with E-state index in [1.165, 1.54) is 0 Å². The Bertz CT molecular complexity index is 37.3. The summed E-state index contributed by atoms with van der Waals surface area (Å²) in [4.78, 5) is 0. The van der Waals surface area contributed by atoms with Gasteiger partial charge in [0.2, 0.25) is 0 Å². The number of hydrogen-bond donors (Lipinski definition) is 0. The molecule has 0 heterocycles. The lowest BCUT2D eigenvalue weighted by atomic mass is 10.6. The van der Waals surface area contributed by atoms with Crippen LogP contribution in [0.15, 0.2) is 0 Å². The van der Waals surface area contributed by atoms with Gasteiger partial charge >= 0.3 is 0 Å². The Kier molecular flexibility index (Phi) is 38.7. The first-order valence-electron chi connectivity index (χ1n) is 1.66. The van der Waals surface area contributed by atoms with E-state index in [0.29, 0.717) is 13.6 Å². The first-order valence-corrected chi connectivity index (χ1v) is 1.66. The molecule has 0 aromatic heterocycles. The average Bonchev–Trinajstić information content (AvgIpc) is 1.72. The molecule has 1 nitrogen and oxygen atoms in total. The minimum atomic E-state index is 0.500. The van der Waals surface area contributed by atoms with Crippen molar-refractivity contribution in [3.05, 3.63) is 0 Å². The van der Waals surface area contributed by atoms with Gasteiger partial charge in [0.15, 0.2) is 0 Å². The van der Waals surface area contributed by atoms with E-state index in [1.807, 2.05) is 13.0 Å². The zero-order valence-corrected chi connectivity index (χ0v) is 4.03. The predicted octanol–water partition coefficient (Wildman–Crippen LogP) is 1.51. The lowest BCUT2D eigenvalue weighted by molar-refractivity contribution is 0.636. The van der Waals surface area contributed by atoms with Crippen molar-refractivity contribution in [1.29, 1.82) is 5.26 Å². The second-order valence-electron chi connectivity index (χ2n) is 0.512. The molecular weight excluding hydrogens is 81.0 g/mol. The quantitative estimate of drug-likeness (QED) is 0.441. The van der Waals surface area contributed by atoms with E-state index in [1.54, 1.807) is 0 Å². The van der Waals surface area contributed by atoms with Gasteiger partial charge in [-0.05, 0) is 0 Å². The Balaban J connectivity index is 0. The van der Waals surface area contributed by atoms with Crippen molar-refractivity contribution in [2.45, 2.75) is 13.3 Å². The van der Waals surface area contributed by atoms with Crippen molar-refractivity contribution in [3.63, 3.8) is 0 Å². The SMILES string of the molecule is CCC#N.CF. The van der Waals surface area contributed by atoms with Crippen molar-refractivity contribution < 1.29 is 4.39 Å². The highest BCUT2D eigenvalue weighted by Crippen LogP contribution is 1.58. The third kappa shape index (κ3) is 114. The summed E-state index contributed by atoms with van der Waals surface area (Å²) in [7, 11) is 0.500. The number of nitriles is 1. The summed E-state index contributed by atoms with van der Waals surface area (Å²) < 4.78 is 9.50. The molecule has 0 rings (SSSR count). The zero-order valence-electron chi connectivity index (χ0n) is 4.03. The van der Waals surface area contributed by atoms with Crippen LogP contribution in [0.4, 0.5) is 4.39 Å². The van der Waals surface area contributed by atoms with Crippen LogP contribution < -0.4 is 0 Å². The molecule has 2 heteroatoms. The largest absolute Gasteiger partial charge is 0.255 e. The minimum Gasteiger partial charge on any atom is -0.255 e. The molecule has 0 aliphatic carbocycles. The summed E-state index contributed by atoms with van der Waals surface area (Å²) in [5.41, 5.74) is 0. The maximum atomic E-state index is 9.50.